The molecule has 1 saturated heterocycles. The van der Waals surface area contributed by atoms with E-state index in [0.29, 0.717) is 25.5 Å². The van der Waals surface area contributed by atoms with Crippen LogP contribution in [-0.2, 0) is 32.1 Å². The molecule has 4 rings (SSSR count). The van der Waals surface area contributed by atoms with Gasteiger partial charge in [0.05, 0.1) is 25.5 Å². The van der Waals surface area contributed by atoms with Crippen molar-refractivity contribution in [1.29, 1.82) is 0 Å². The highest BCUT2D eigenvalue weighted by Gasteiger charge is 2.41. The van der Waals surface area contributed by atoms with Crippen LogP contribution in [0, 0.1) is 19.8 Å². The lowest BCUT2D eigenvalue weighted by Gasteiger charge is -2.35. The molecule has 0 spiro atoms. The van der Waals surface area contributed by atoms with Crippen molar-refractivity contribution in [2.75, 3.05) is 13.2 Å². The molecule has 32 heavy (non-hydrogen) atoms. The molecular weight excluding hydrogens is 408 g/mol. The van der Waals surface area contributed by atoms with E-state index in [4.69, 9.17) is 18.7 Å². The summed E-state index contributed by atoms with van der Waals surface area (Å²) in [5.74, 6) is -0.406. The van der Waals surface area contributed by atoms with Gasteiger partial charge in [-0.15, -0.1) is 0 Å². The van der Waals surface area contributed by atoms with Crippen LogP contribution in [0.4, 0.5) is 0 Å². The number of aromatic nitrogens is 1. The summed E-state index contributed by atoms with van der Waals surface area (Å²) in [5.41, 5.74) is 6.38. The molecule has 2 aromatic carbocycles. The third-order valence-corrected chi connectivity index (χ3v) is 5.52. The van der Waals surface area contributed by atoms with E-state index in [1.54, 1.807) is 6.92 Å². The van der Waals surface area contributed by atoms with Crippen LogP contribution in [0.1, 0.15) is 29.5 Å². The SMILES string of the molecule is Cc1ccc(-c2nc(CC3COC(C)(C(=O)NOCc4ccccc4)OC3)c(C)o2)cc1. The Hall–Kier alpha value is -3.00. The van der Waals surface area contributed by atoms with Crippen molar-refractivity contribution in [3.63, 3.8) is 0 Å². The number of ether oxygens (including phenoxy) is 2. The van der Waals surface area contributed by atoms with Crippen LogP contribution in [0.25, 0.3) is 11.5 Å². The van der Waals surface area contributed by atoms with Gasteiger partial charge in [-0.05, 0) is 38.5 Å². The second-order valence-electron chi connectivity index (χ2n) is 8.23. The van der Waals surface area contributed by atoms with Crippen molar-refractivity contribution in [3.8, 4) is 11.5 Å². The van der Waals surface area contributed by atoms with Crippen LogP contribution in [-0.4, -0.2) is 29.9 Å². The monoisotopic (exact) mass is 436 g/mol. The second-order valence-corrected chi connectivity index (χ2v) is 8.23. The Balaban J connectivity index is 1.28. The molecule has 0 aliphatic carbocycles. The summed E-state index contributed by atoms with van der Waals surface area (Å²) in [4.78, 5) is 22.5. The fraction of sp³-hybridized carbons (Fsp3) is 0.360. The highest BCUT2D eigenvalue weighted by atomic mass is 16.7. The molecule has 1 fully saturated rings. The average Bonchev–Trinajstić information content (AvgIpc) is 3.16. The third kappa shape index (κ3) is 5.24. The normalized spacial score (nSPS) is 20.8. The van der Waals surface area contributed by atoms with Crippen LogP contribution < -0.4 is 5.48 Å². The lowest BCUT2D eigenvalue weighted by Crippen LogP contribution is -2.53. The van der Waals surface area contributed by atoms with Crippen LogP contribution in [0.5, 0.6) is 0 Å². The number of nitrogens with one attached hydrogen (secondary N) is 1. The zero-order chi connectivity index (χ0) is 22.6. The van der Waals surface area contributed by atoms with Gasteiger partial charge in [0.25, 0.3) is 0 Å². The second kappa shape index (κ2) is 9.65. The van der Waals surface area contributed by atoms with Crippen LogP contribution in [0.2, 0.25) is 0 Å². The number of carbonyl (C=O) groups excluding carboxylic acids is 1. The first-order valence-corrected chi connectivity index (χ1v) is 10.7. The zero-order valence-corrected chi connectivity index (χ0v) is 18.6. The summed E-state index contributed by atoms with van der Waals surface area (Å²) in [6.07, 6.45) is 0.642. The molecule has 0 atom stereocenters. The quantitative estimate of drug-likeness (QED) is 0.561. The summed E-state index contributed by atoms with van der Waals surface area (Å²) >= 11 is 0. The summed E-state index contributed by atoms with van der Waals surface area (Å²) in [6, 6.07) is 17.7. The zero-order valence-electron chi connectivity index (χ0n) is 18.6. The summed E-state index contributed by atoms with van der Waals surface area (Å²) < 4.78 is 17.4. The number of nitrogens with zero attached hydrogens (tertiary/aromatic N) is 1. The molecule has 0 bridgehead atoms. The van der Waals surface area contributed by atoms with Gasteiger partial charge in [-0.2, -0.15) is 0 Å². The molecule has 0 radical (unpaired) electrons. The Labute approximate surface area is 187 Å². The number of benzene rings is 2. The molecule has 168 valence electrons. The largest absolute Gasteiger partial charge is 0.441 e. The van der Waals surface area contributed by atoms with Gasteiger partial charge in [-0.1, -0.05) is 48.0 Å². The predicted octanol–water partition coefficient (Wildman–Crippen LogP) is 4.13. The topological polar surface area (TPSA) is 82.8 Å². The van der Waals surface area contributed by atoms with E-state index < -0.39 is 11.7 Å². The maximum absolute atomic E-state index is 12.5. The van der Waals surface area contributed by atoms with Gasteiger partial charge in [-0.3, -0.25) is 9.63 Å². The van der Waals surface area contributed by atoms with E-state index in [0.717, 1.165) is 22.6 Å². The van der Waals surface area contributed by atoms with Gasteiger partial charge in [0.2, 0.25) is 11.7 Å². The third-order valence-electron chi connectivity index (χ3n) is 5.52. The van der Waals surface area contributed by atoms with Crippen molar-refractivity contribution in [2.45, 2.75) is 39.6 Å². The van der Waals surface area contributed by atoms with Crippen molar-refractivity contribution in [3.05, 3.63) is 77.2 Å². The van der Waals surface area contributed by atoms with Crippen LogP contribution >= 0.6 is 0 Å². The average molecular weight is 437 g/mol. The molecule has 1 amide bonds. The minimum absolute atomic E-state index is 0.0655. The van der Waals surface area contributed by atoms with E-state index >= 15 is 0 Å². The minimum Gasteiger partial charge on any atom is -0.441 e. The fourth-order valence-electron chi connectivity index (χ4n) is 3.45. The van der Waals surface area contributed by atoms with E-state index in [1.807, 2.05) is 68.4 Å². The Kier molecular flexibility index (Phi) is 6.69. The van der Waals surface area contributed by atoms with Crippen molar-refractivity contribution >= 4 is 5.91 Å². The van der Waals surface area contributed by atoms with Gasteiger partial charge in [0.1, 0.15) is 5.76 Å². The molecule has 0 saturated carbocycles. The van der Waals surface area contributed by atoms with E-state index in [-0.39, 0.29) is 12.5 Å². The maximum Gasteiger partial charge on any atom is 0.303 e. The Morgan fingerprint density at radius 3 is 2.47 bits per heavy atom. The van der Waals surface area contributed by atoms with Crippen LogP contribution in [0.3, 0.4) is 0 Å². The predicted molar refractivity (Wildman–Crippen MR) is 118 cm³/mol. The molecule has 0 unspecified atom stereocenters. The van der Waals surface area contributed by atoms with Crippen molar-refractivity contribution < 1.29 is 23.5 Å². The fourth-order valence-corrected chi connectivity index (χ4v) is 3.45. The standard InChI is InChI=1S/C25H28N2O5/c1-17-9-11-21(12-10-17)23-26-22(18(2)32-23)13-20-14-29-25(3,30-15-20)24(28)27-31-16-19-7-5-4-6-8-19/h4-12,20H,13-16H2,1-3H3,(H,27,28). The smallest absolute Gasteiger partial charge is 0.303 e. The maximum atomic E-state index is 12.5. The first-order valence-electron chi connectivity index (χ1n) is 10.7. The van der Waals surface area contributed by atoms with Gasteiger partial charge < -0.3 is 13.9 Å². The number of amides is 1. The highest BCUT2D eigenvalue weighted by Crippen LogP contribution is 2.27. The molecule has 7 heteroatoms. The number of hydrogen-bond donors (Lipinski definition) is 1. The minimum atomic E-state index is -1.39. The lowest BCUT2D eigenvalue weighted by atomic mass is 10.0. The van der Waals surface area contributed by atoms with E-state index in [9.17, 15) is 4.79 Å². The van der Waals surface area contributed by atoms with Crippen LogP contribution in [0.15, 0.2) is 59.0 Å². The molecule has 1 N–H and O–H groups in total. The highest BCUT2D eigenvalue weighted by molar-refractivity contribution is 5.82. The molecule has 3 aromatic rings. The van der Waals surface area contributed by atoms with Gasteiger partial charge in [-0.25, -0.2) is 10.5 Å². The Morgan fingerprint density at radius 2 is 1.78 bits per heavy atom. The summed E-state index contributed by atoms with van der Waals surface area (Å²) in [5, 5.41) is 0. The van der Waals surface area contributed by atoms with Crippen molar-refractivity contribution in [2.24, 2.45) is 5.92 Å². The number of hydrogen-bond acceptors (Lipinski definition) is 6. The number of hydroxylamine groups is 1. The molecule has 1 aromatic heterocycles. The summed E-state index contributed by atoms with van der Waals surface area (Å²) in [7, 11) is 0. The van der Waals surface area contributed by atoms with E-state index in [2.05, 4.69) is 10.5 Å². The number of aryl methyl sites for hydroxylation is 2. The molecule has 1 aliphatic rings. The Morgan fingerprint density at radius 1 is 1.09 bits per heavy atom. The number of carbonyl (C=O) groups is 1. The molecule has 2 heterocycles. The number of rotatable bonds is 7. The molecule has 7 nitrogen and oxygen atoms in total. The van der Waals surface area contributed by atoms with E-state index in [1.165, 1.54) is 5.56 Å². The Bertz CT molecular complexity index is 1040. The van der Waals surface area contributed by atoms with Gasteiger partial charge >= 0.3 is 5.91 Å². The lowest BCUT2D eigenvalue weighted by molar-refractivity contribution is -0.265. The first kappa shape index (κ1) is 22.2. The molecule has 1 aliphatic heterocycles. The molecular formula is C25H28N2O5. The number of oxazole rings is 1. The first-order chi connectivity index (χ1) is 15.4. The van der Waals surface area contributed by atoms with Gasteiger partial charge in [0.15, 0.2) is 0 Å². The van der Waals surface area contributed by atoms with Crippen molar-refractivity contribution in [1.82, 2.24) is 10.5 Å². The summed E-state index contributed by atoms with van der Waals surface area (Å²) in [6.45, 7) is 6.56. The van der Waals surface area contributed by atoms with Gasteiger partial charge in [0, 0.05) is 17.9 Å².